The third kappa shape index (κ3) is 4.35. The van der Waals surface area contributed by atoms with Crippen molar-refractivity contribution in [1.82, 2.24) is 0 Å². The Labute approximate surface area is 58.5 Å². The van der Waals surface area contributed by atoms with Gasteiger partial charge in [-0.15, -0.1) is 12.4 Å². The number of hydrogen-bond donors (Lipinski definition) is 3. The molecule has 0 saturated heterocycles. The van der Waals surface area contributed by atoms with Gasteiger partial charge in [0, 0.05) is 0 Å². The van der Waals surface area contributed by atoms with Crippen LogP contribution in [0.4, 0.5) is 0 Å². The summed E-state index contributed by atoms with van der Waals surface area (Å²) < 4.78 is 0. The predicted octanol–water partition coefficient (Wildman–Crippen LogP) is -1.68. The van der Waals surface area contributed by atoms with E-state index in [1.54, 1.807) is 0 Å². The van der Waals surface area contributed by atoms with Crippen LogP contribution in [-0.4, -0.2) is 40.4 Å². The molecule has 0 aliphatic carbocycles. The Morgan fingerprint density at radius 2 is 1.89 bits per heavy atom. The highest BCUT2D eigenvalue weighted by atomic mass is 35.5. The number of carbonyl (C=O) groups excluding carboxylic acids is 1. The zero-order valence-corrected chi connectivity index (χ0v) is 5.41. The Morgan fingerprint density at radius 3 is 2.00 bits per heavy atom. The second-order valence-corrected chi connectivity index (χ2v) is 1.38. The van der Waals surface area contributed by atoms with E-state index in [4.69, 9.17) is 15.3 Å². The molecule has 3 N–H and O–H groups in total. The van der Waals surface area contributed by atoms with Gasteiger partial charge < -0.3 is 20.1 Å². The van der Waals surface area contributed by atoms with Crippen molar-refractivity contribution >= 4 is 18.7 Å². The Kier molecular flexibility index (Phi) is 7.70. The molecule has 0 bridgehead atoms. The van der Waals surface area contributed by atoms with Crippen molar-refractivity contribution in [1.29, 1.82) is 0 Å². The third-order valence-electron chi connectivity index (χ3n) is 0.721. The summed E-state index contributed by atoms with van der Waals surface area (Å²) >= 11 is 0. The summed E-state index contributed by atoms with van der Waals surface area (Å²) in [4.78, 5) is 9.58. The average Bonchev–Trinajstić information content (AvgIpc) is 1.84. The van der Waals surface area contributed by atoms with Crippen molar-refractivity contribution in [3.05, 3.63) is 0 Å². The maximum atomic E-state index is 9.58. The van der Waals surface area contributed by atoms with E-state index in [1.165, 1.54) is 0 Å². The number of rotatable bonds is 3. The van der Waals surface area contributed by atoms with E-state index in [2.05, 4.69) is 0 Å². The van der Waals surface area contributed by atoms with Crippen molar-refractivity contribution in [3.63, 3.8) is 0 Å². The summed E-state index contributed by atoms with van der Waals surface area (Å²) in [6, 6.07) is 0. The summed E-state index contributed by atoms with van der Waals surface area (Å²) in [5, 5.41) is 24.8. The SMILES string of the molecule is Cl.O=CC(O)C(O)CO. The lowest BCUT2D eigenvalue weighted by atomic mass is 10.2. The smallest absolute Gasteiger partial charge is 0.151 e. The van der Waals surface area contributed by atoms with E-state index in [9.17, 15) is 4.79 Å². The summed E-state index contributed by atoms with van der Waals surface area (Å²) in [5.74, 6) is 0. The number of halogens is 1. The maximum absolute atomic E-state index is 9.58. The van der Waals surface area contributed by atoms with Crippen LogP contribution in [0, 0.1) is 0 Å². The van der Waals surface area contributed by atoms with Gasteiger partial charge in [0.15, 0.2) is 6.29 Å². The van der Waals surface area contributed by atoms with Crippen molar-refractivity contribution in [2.75, 3.05) is 6.61 Å². The van der Waals surface area contributed by atoms with Crippen LogP contribution >= 0.6 is 12.4 Å². The number of aliphatic hydroxyl groups excluding tert-OH is 3. The van der Waals surface area contributed by atoms with E-state index >= 15 is 0 Å². The van der Waals surface area contributed by atoms with Crippen LogP contribution in [0.1, 0.15) is 0 Å². The molecule has 0 aromatic carbocycles. The minimum Gasteiger partial charge on any atom is -0.394 e. The first kappa shape index (κ1) is 11.6. The Bertz CT molecular complexity index is 77.0. The topological polar surface area (TPSA) is 77.8 Å². The Morgan fingerprint density at radius 1 is 1.44 bits per heavy atom. The fraction of sp³-hybridized carbons (Fsp3) is 0.750. The summed E-state index contributed by atoms with van der Waals surface area (Å²) in [6.07, 6.45) is -2.63. The zero-order chi connectivity index (χ0) is 6.57. The minimum absolute atomic E-state index is 0. The first-order valence-electron chi connectivity index (χ1n) is 2.14. The molecule has 0 radical (unpaired) electrons. The van der Waals surface area contributed by atoms with Gasteiger partial charge in [0.05, 0.1) is 6.61 Å². The molecule has 0 saturated carbocycles. The van der Waals surface area contributed by atoms with Gasteiger partial charge in [-0.3, -0.25) is 0 Å². The fourth-order valence-electron chi connectivity index (χ4n) is 0.199. The molecule has 0 aliphatic heterocycles. The van der Waals surface area contributed by atoms with Crippen LogP contribution in [0.3, 0.4) is 0 Å². The van der Waals surface area contributed by atoms with Crippen LogP contribution in [0.25, 0.3) is 0 Å². The van der Waals surface area contributed by atoms with Crippen molar-refractivity contribution < 1.29 is 20.1 Å². The Hall–Kier alpha value is -0.160. The van der Waals surface area contributed by atoms with E-state index in [-0.39, 0.29) is 18.7 Å². The molecule has 4 nitrogen and oxygen atoms in total. The molecule has 0 amide bonds. The van der Waals surface area contributed by atoms with E-state index in [0.29, 0.717) is 0 Å². The van der Waals surface area contributed by atoms with Gasteiger partial charge in [-0.1, -0.05) is 0 Å². The highest BCUT2D eigenvalue weighted by Crippen LogP contribution is 1.85. The van der Waals surface area contributed by atoms with Crippen LogP contribution < -0.4 is 0 Å². The monoisotopic (exact) mass is 156 g/mol. The number of aliphatic hydroxyl groups is 3. The molecule has 0 aromatic heterocycles. The van der Waals surface area contributed by atoms with Crippen LogP contribution in [-0.2, 0) is 4.79 Å². The van der Waals surface area contributed by atoms with Crippen molar-refractivity contribution in [2.45, 2.75) is 12.2 Å². The van der Waals surface area contributed by atoms with Crippen LogP contribution in [0.2, 0.25) is 0 Å². The molecule has 0 aliphatic rings. The molecule has 2 unspecified atom stereocenters. The third-order valence-corrected chi connectivity index (χ3v) is 0.721. The molecule has 0 aromatic rings. The molecule has 0 rings (SSSR count). The largest absolute Gasteiger partial charge is 0.394 e. The van der Waals surface area contributed by atoms with Crippen LogP contribution in [0.5, 0.6) is 0 Å². The first-order valence-corrected chi connectivity index (χ1v) is 2.14. The number of aldehydes is 1. The number of hydrogen-bond acceptors (Lipinski definition) is 4. The van der Waals surface area contributed by atoms with Gasteiger partial charge >= 0.3 is 0 Å². The van der Waals surface area contributed by atoms with Gasteiger partial charge in [-0.05, 0) is 0 Å². The van der Waals surface area contributed by atoms with E-state index in [0.717, 1.165) is 0 Å². The molecule has 9 heavy (non-hydrogen) atoms. The highest BCUT2D eigenvalue weighted by Gasteiger charge is 2.12. The van der Waals surface area contributed by atoms with Crippen molar-refractivity contribution in [3.8, 4) is 0 Å². The summed E-state index contributed by atoms with van der Waals surface area (Å²) in [5.41, 5.74) is 0. The quantitative estimate of drug-likeness (QED) is 0.427. The lowest BCUT2D eigenvalue weighted by Gasteiger charge is -2.06. The lowest BCUT2D eigenvalue weighted by Crippen LogP contribution is -2.30. The summed E-state index contributed by atoms with van der Waals surface area (Å²) in [7, 11) is 0. The maximum Gasteiger partial charge on any atom is 0.151 e. The molecule has 0 spiro atoms. The fourth-order valence-corrected chi connectivity index (χ4v) is 0.199. The normalized spacial score (nSPS) is 15.4. The van der Waals surface area contributed by atoms with Gasteiger partial charge in [0.25, 0.3) is 0 Å². The van der Waals surface area contributed by atoms with E-state index < -0.39 is 18.8 Å². The van der Waals surface area contributed by atoms with Crippen molar-refractivity contribution in [2.24, 2.45) is 0 Å². The zero-order valence-electron chi connectivity index (χ0n) is 4.60. The second kappa shape index (κ2) is 5.97. The molecular formula is C4H9ClO4. The minimum atomic E-state index is -1.46. The summed E-state index contributed by atoms with van der Waals surface area (Å²) in [6.45, 7) is -0.597. The molecular weight excluding hydrogens is 147 g/mol. The average molecular weight is 157 g/mol. The van der Waals surface area contributed by atoms with Gasteiger partial charge in [0.2, 0.25) is 0 Å². The van der Waals surface area contributed by atoms with Gasteiger partial charge in [-0.2, -0.15) is 0 Å². The highest BCUT2D eigenvalue weighted by molar-refractivity contribution is 5.85. The molecule has 2 atom stereocenters. The van der Waals surface area contributed by atoms with Crippen LogP contribution in [0.15, 0.2) is 0 Å². The van der Waals surface area contributed by atoms with E-state index in [1.807, 2.05) is 0 Å². The molecule has 0 fully saturated rings. The lowest BCUT2D eigenvalue weighted by molar-refractivity contribution is -0.121. The predicted molar refractivity (Wildman–Crippen MR) is 32.4 cm³/mol. The second-order valence-electron chi connectivity index (χ2n) is 1.38. The molecule has 0 heterocycles. The first-order chi connectivity index (χ1) is 3.72. The molecule has 5 heteroatoms. The molecule has 56 valence electrons. The number of carbonyl (C=O) groups is 1. The van der Waals surface area contributed by atoms with Gasteiger partial charge in [-0.25, -0.2) is 0 Å². The van der Waals surface area contributed by atoms with Gasteiger partial charge in [0.1, 0.15) is 12.2 Å². The standard InChI is InChI=1S/C4H8O4.ClH/c5-1-3(7)4(8)2-6;/h1,3-4,6-8H,2H2;1H. The Balaban J connectivity index is 0.